The summed E-state index contributed by atoms with van der Waals surface area (Å²) in [5.41, 5.74) is 3.13. The first-order valence-electron chi connectivity index (χ1n) is 3.90. The summed E-state index contributed by atoms with van der Waals surface area (Å²) >= 11 is 0. The number of rotatable bonds is 3. The molecule has 0 atom stereocenters. The molecule has 1 amide bonds. The molecule has 0 spiro atoms. The van der Waals surface area contributed by atoms with E-state index in [9.17, 15) is 4.79 Å². The van der Waals surface area contributed by atoms with Crippen molar-refractivity contribution in [2.75, 3.05) is 5.32 Å². The van der Waals surface area contributed by atoms with Gasteiger partial charge in [-0.15, -0.1) is 0 Å². The number of carbonyl (C=O) groups is 1. The fraction of sp³-hybridized carbons (Fsp3) is 0.100. The standard InChI is InChI=1S/C10H10BNO/c1-7(2)9-5-8(11)3-4-10(9)12-6-13/h3-6H,1H2,2H3,(H,12,13). The summed E-state index contributed by atoms with van der Waals surface area (Å²) in [4.78, 5) is 10.3. The van der Waals surface area contributed by atoms with Gasteiger partial charge in [-0.25, -0.2) is 0 Å². The molecule has 0 fully saturated rings. The highest BCUT2D eigenvalue weighted by Gasteiger charge is 2.01. The predicted octanol–water partition coefficient (Wildman–Crippen LogP) is 1.08. The Balaban J connectivity index is 3.17. The Labute approximate surface area is 79.1 Å². The second-order valence-electron chi connectivity index (χ2n) is 2.85. The summed E-state index contributed by atoms with van der Waals surface area (Å²) in [5, 5.41) is 2.59. The van der Waals surface area contributed by atoms with Crippen LogP contribution in [0.4, 0.5) is 5.69 Å². The van der Waals surface area contributed by atoms with Gasteiger partial charge in [-0.3, -0.25) is 4.79 Å². The molecule has 2 nitrogen and oxygen atoms in total. The molecular weight excluding hydrogens is 161 g/mol. The summed E-state index contributed by atoms with van der Waals surface area (Å²) in [6.07, 6.45) is 0.637. The number of nitrogens with one attached hydrogen (secondary N) is 1. The zero-order chi connectivity index (χ0) is 9.84. The van der Waals surface area contributed by atoms with Crippen LogP contribution in [0.3, 0.4) is 0 Å². The van der Waals surface area contributed by atoms with Crippen molar-refractivity contribution in [3.8, 4) is 0 Å². The normalized spacial score (nSPS) is 9.31. The van der Waals surface area contributed by atoms with E-state index in [0.29, 0.717) is 11.9 Å². The average molecular weight is 171 g/mol. The third kappa shape index (κ3) is 2.21. The van der Waals surface area contributed by atoms with E-state index in [-0.39, 0.29) is 0 Å². The Kier molecular flexibility index (Phi) is 2.90. The van der Waals surface area contributed by atoms with Crippen LogP contribution in [0.2, 0.25) is 0 Å². The smallest absolute Gasteiger partial charge is 0.211 e. The van der Waals surface area contributed by atoms with Crippen LogP contribution in [-0.2, 0) is 4.79 Å². The number of benzene rings is 1. The second-order valence-corrected chi connectivity index (χ2v) is 2.85. The molecule has 0 aromatic heterocycles. The third-order valence-electron chi connectivity index (χ3n) is 1.72. The van der Waals surface area contributed by atoms with Crippen LogP contribution in [0, 0.1) is 0 Å². The molecule has 1 aromatic carbocycles. The van der Waals surface area contributed by atoms with Crippen LogP contribution in [0.25, 0.3) is 5.57 Å². The van der Waals surface area contributed by atoms with E-state index in [4.69, 9.17) is 7.85 Å². The Morgan fingerprint density at radius 3 is 2.85 bits per heavy atom. The zero-order valence-electron chi connectivity index (χ0n) is 7.50. The Morgan fingerprint density at radius 2 is 2.31 bits per heavy atom. The zero-order valence-corrected chi connectivity index (χ0v) is 7.50. The molecule has 3 heteroatoms. The van der Waals surface area contributed by atoms with Gasteiger partial charge in [-0.05, 0) is 24.1 Å². The van der Waals surface area contributed by atoms with Crippen molar-refractivity contribution in [3.05, 3.63) is 30.3 Å². The quantitative estimate of drug-likeness (QED) is 0.535. The van der Waals surface area contributed by atoms with Crippen LogP contribution < -0.4 is 10.8 Å². The summed E-state index contributed by atoms with van der Waals surface area (Å²) in [6, 6.07) is 5.28. The topological polar surface area (TPSA) is 29.1 Å². The molecule has 1 aromatic rings. The number of allylic oxidation sites excluding steroid dienone is 1. The maximum absolute atomic E-state index is 10.3. The molecular formula is C10H10BNO. The minimum atomic E-state index is 0.637. The van der Waals surface area contributed by atoms with E-state index in [0.717, 1.165) is 16.8 Å². The van der Waals surface area contributed by atoms with Gasteiger partial charge in [-0.1, -0.05) is 24.2 Å². The lowest BCUT2D eigenvalue weighted by Gasteiger charge is -2.08. The number of anilines is 1. The van der Waals surface area contributed by atoms with E-state index in [1.807, 2.05) is 6.92 Å². The summed E-state index contributed by atoms with van der Waals surface area (Å²) in [7, 11) is 5.60. The van der Waals surface area contributed by atoms with Crippen LogP contribution in [0.1, 0.15) is 12.5 Å². The van der Waals surface area contributed by atoms with Gasteiger partial charge in [0.15, 0.2) is 0 Å². The number of hydrogen-bond acceptors (Lipinski definition) is 1. The van der Waals surface area contributed by atoms with Crippen molar-refractivity contribution >= 4 is 31.0 Å². The van der Waals surface area contributed by atoms with E-state index in [1.165, 1.54) is 0 Å². The van der Waals surface area contributed by atoms with Gasteiger partial charge in [0.1, 0.15) is 7.85 Å². The highest BCUT2D eigenvalue weighted by atomic mass is 16.1. The maximum Gasteiger partial charge on any atom is 0.211 e. The lowest BCUT2D eigenvalue weighted by atomic mass is 9.92. The van der Waals surface area contributed by atoms with E-state index >= 15 is 0 Å². The minimum absolute atomic E-state index is 0.637. The molecule has 0 saturated heterocycles. The van der Waals surface area contributed by atoms with Gasteiger partial charge >= 0.3 is 0 Å². The van der Waals surface area contributed by atoms with E-state index in [1.54, 1.807) is 18.2 Å². The summed E-state index contributed by atoms with van der Waals surface area (Å²) < 4.78 is 0. The lowest BCUT2D eigenvalue weighted by Crippen LogP contribution is -2.06. The van der Waals surface area contributed by atoms with Gasteiger partial charge in [0.05, 0.1) is 0 Å². The maximum atomic E-state index is 10.3. The van der Waals surface area contributed by atoms with Crippen molar-refractivity contribution in [2.45, 2.75) is 6.92 Å². The van der Waals surface area contributed by atoms with Crippen LogP contribution in [0.15, 0.2) is 24.8 Å². The molecule has 13 heavy (non-hydrogen) atoms. The Hall–Kier alpha value is -1.51. The summed E-state index contributed by atoms with van der Waals surface area (Å²) in [5.74, 6) is 0. The van der Waals surface area contributed by atoms with Crippen LogP contribution in [0.5, 0.6) is 0 Å². The molecule has 0 bridgehead atoms. The molecule has 64 valence electrons. The molecule has 0 saturated carbocycles. The van der Waals surface area contributed by atoms with Crippen molar-refractivity contribution in [3.63, 3.8) is 0 Å². The summed E-state index contributed by atoms with van der Waals surface area (Å²) in [6.45, 7) is 5.66. The van der Waals surface area contributed by atoms with Crippen LogP contribution in [-0.4, -0.2) is 14.3 Å². The van der Waals surface area contributed by atoms with Crippen molar-refractivity contribution < 1.29 is 4.79 Å². The molecule has 0 heterocycles. The van der Waals surface area contributed by atoms with Gasteiger partial charge in [-0.2, -0.15) is 0 Å². The first-order valence-corrected chi connectivity index (χ1v) is 3.90. The predicted molar refractivity (Wildman–Crippen MR) is 56.2 cm³/mol. The fourth-order valence-corrected chi connectivity index (χ4v) is 1.10. The number of hydrogen-bond donors (Lipinski definition) is 1. The second kappa shape index (κ2) is 3.94. The monoisotopic (exact) mass is 171 g/mol. The van der Waals surface area contributed by atoms with Crippen molar-refractivity contribution in [2.24, 2.45) is 0 Å². The number of amides is 1. The Bertz CT molecular complexity index is 347. The van der Waals surface area contributed by atoms with Crippen LogP contribution >= 0.6 is 0 Å². The van der Waals surface area contributed by atoms with E-state index < -0.39 is 0 Å². The molecule has 1 N–H and O–H groups in total. The average Bonchev–Trinajstić information content (AvgIpc) is 2.08. The lowest BCUT2D eigenvalue weighted by molar-refractivity contribution is -0.105. The molecule has 0 aliphatic heterocycles. The molecule has 2 radical (unpaired) electrons. The fourth-order valence-electron chi connectivity index (χ4n) is 1.10. The first kappa shape index (κ1) is 9.58. The first-order chi connectivity index (χ1) is 6.15. The largest absolute Gasteiger partial charge is 0.328 e. The van der Waals surface area contributed by atoms with Crippen molar-refractivity contribution in [1.82, 2.24) is 0 Å². The number of carbonyl (C=O) groups excluding carboxylic acids is 1. The Morgan fingerprint density at radius 1 is 1.62 bits per heavy atom. The minimum Gasteiger partial charge on any atom is -0.328 e. The highest BCUT2D eigenvalue weighted by Crippen LogP contribution is 2.20. The molecule has 0 unspecified atom stereocenters. The van der Waals surface area contributed by atoms with E-state index in [2.05, 4.69) is 11.9 Å². The van der Waals surface area contributed by atoms with Gasteiger partial charge < -0.3 is 5.32 Å². The van der Waals surface area contributed by atoms with Gasteiger partial charge in [0.25, 0.3) is 0 Å². The SMILES string of the molecule is [B]c1ccc(NC=O)c(C(=C)C)c1. The van der Waals surface area contributed by atoms with Gasteiger partial charge in [0, 0.05) is 5.69 Å². The molecule has 1 rings (SSSR count). The highest BCUT2D eigenvalue weighted by molar-refractivity contribution is 6.32. The molecule has 0 aliphatic rings. The van der Waals surface area contributed by atoms with Crippen molar-refractivity contribution in [1.29, 1.82) is 0 Å². The molecule has 0 aliphatic carbocycles. The van der Waals surface area contributed by atoms with Gasteiger partial charge in [0.2, 0.25) is 6.41 Å². The third-order valence-corrected chi connectivity index (χ3v) is 1.72.